The monoisotopic (exact) mass is 359 g/mol. The highest BCUT2D eigenvalue weighted by molar-refractivity contribution is 7.89. The Hall–Kier alpha value is -1.69. The van der Waals surface area contributed by atoms with Crippen LogP contribution in [0.5, 0.6) is 0 Å². The largest absolute Gasteiger partial charge is 0.375 e. The Bertz CT molecular complexity index is 813. The molecular weight excluding hydrogens is 334 g/mol. The van der Waals surface area contributed by atoms with Crippen molar-refractivity contribution in [2.75, 3.05) is 13.2 Å². The molecule has 25 heavy (non-hydrogen) atoms. The summed E-state index contributed by atoms with van der Waals surface area (Å²) >= 11 is 0. The van der Waals surface area contributed by atoms with Crippen molar-refractivity contribution in [2.45, 2.75) is 44.1 Å². The van der Waals surface area contributed by atoms with Gasteiger partial charge in [-0.15, -0.1) is 0 Å². The summed E-state index contributed by atoms with van der Waals surface area (Å²) < 4.78 is 33.0. The summed E-state index contributed by atoms with van der Waals surface area (Å²) in [5.41, 5.74) is 4.75. The van der Waals surface area contributed by atoms with Crippen molar-refractivity contribution in [1.29, 1.82) is 0 Å². The molecule has 0 fully saturated rings. The Balaban J connectivity index is 1.49. The van der Waals surface area contributed by atoms with Crippen LogP contribution in [0, 0.1) is 6.92 Å². The van der Waals surface area contributed by atoms with E-state index in [0.717, 1.165) is 24.8 Å². The van der Waals surface area contributed by atoms with Crippen LogP contribution in [0.15, 0.2) is 47.4 Å². The number of hydrogen-bond donors (Lipinski definition) is 1. The molecule has 1 aliphatic rings. The zero-order valence-corrected chi connectivity index (χ0v) is 15.4. The summed E-state index contributed by atoms with van der Waals surface area (Å²) in [4.78, 5) is 0.353. The van der Waals surface area contributed by atoms with Crippen molar-refractivity contribution >= 4 is 10.0 Å². The summed E-state index contributed by atoms with van der Waals surface area (Å²) in [7, 11) is -3.47. The summed E-state index contributed by atoms with van der Waals surface area (Å²) in [5, 5.41) is 0. The normalized spacial score (nSPS) is 14.3. The minimum Gasteiger partial charge on any atom is -0.375 e. The Morgan fingerprint density at radius 2 is 1.72 bits per heavy atom. The molecule has 5 heteroatoms. The van der Waals surface area contributed by atoms with Crippen LogP contribution < -0.4 is 4.72 Å². The van der Waals surface area contributed by atoms with Gasteiger partial charge in [0.1, 0.15) is 0 Å². The maximum absolute atomic E-state index is 12.4. The average Bonchev–Trinajstić information content (AvgIpc) is 2.62. The molecule has 0 radical (unpaired) electrons. The number of aryl methyl sites for hydroxylation is 3. The molecule has 0 spiro atoms. The van der Waals surface area contributed by atoms with E-state index >= 15 is 0 Å². The molecule has 0 heterocycles. The van der Waals surface area contributed by atoms with E-state index < -0.39 is 10.0 Å². The van der Waals surface area contributed by atoms with E-state index in [4.69, 9.17) is 4.74 Å². The van der Waals surface area contributed by atoms with Crippen LogP contribution in [-0.2, 0) is 34.2 Å². The van der Waals surface area contributed by atoms with Gasteiger partial charge in [0.25, 0.3) is 0 Å². The maximum Gasteiger partial charge on any atom is 0.240 e. The van der Waals surface area contributed by atoms with E-state index in [1.165, 1.54) is 23.1 Å². The number of rotatable bonds is 7. The van der Waals surface area contributed by atoms with Gasteiger partial charge in [-0.2, -0.15) is 0 Å². The Labute approximate surface area is 150 Å². The first-order valence-corrected chi connectivity index (χ1v) is 10.3. The van der Waals surface area contributed by atoms with Crippen LogP contribution >= 0.6 is 0 Å². The van der Waals surface area contributed by atoms with E-state index in [2.05, 4.69) is 4.72 Å². The molecule has 1 aliphatic carbocycles. The fraction of sp³-hybridized carbons (Fsp3) is 0.400. The molecular formula is C20H25NO3S. The number of sulfonamides is 1. The van der Waals surface area contributed by atoms with Gasteiger partial charge in [-0.1, -0.05) is 35.9 Å². The summed E-state index contributed by atoms with van der Waals surface area (Å²) in [6.07, 6.45) is 4.35. The molecule has 2 aromatic rings. The van der Waals surface area contributed by atoms with Gasteiger partial charge < -0.3 is 4.74 Å². The third-order valence-corrected chi connectivity index (χ3v) is 6.02. The van der Waals surface area contributed by atoms with Crippen LogP contribution in [0.1, 0.15) is 35.1 Å². The topological polar surface area (TPSA) is 55.4 Å². The smallest absolute Gasteiger partial charge is 0.240 e. The van der Waals surface area contributed by atoms with E-state index in [1.807, 2.05) is 43.3 Å². The summed E-state index contributed by atoms with van der Waals surface area (Å²) in [6.45, 7) is 3.14. The van der Waals surface area contributed by atoms with Crippen molar-refractivity contribution in [3.05, 3.63) is 64.7 Å². The third kappa shape index (κ3) is 4.91. The molecule has 0 amide bonds. The zero-order chi connectivity index (χ0) is 17.7. The van der Waals surface area contributed by atoms with Crippen molar-refractivity contribution < 1.29 is 13.2 Å². The van der Waals surface area contributed by atoms with E-state index in [9.17, 15) is 8.42 Å². The lowest BCUT2D eigenvalue weighted by atomic mass is 9.92. The van der Waals surface area contributed by atoms with Gasteiger partial charge in [-0.25, -0.2) is 13.1 Å². The molecule has 134 valence electrons. The standard InChI is InChI=1S/C20H25NO3S/c1-16-6-8-17(9-7-16)15-24-13-12-21-25(22,23)20-11-10-18-4-2-3-5-19(18)14-20/h6-11,14,21H,2-5,12-13,15H2,1H3. The Morgan fingerprint density at radius 3 is 2.48 bits per heavy atom. The SMILES string of the molecule is Cc1ccc(COCCNS(=O)(=O)c2ccc3c(c2)CCCC3)cc1. The van der Waals surface area contributed by atoms with Crippen molar-refractivity contribution in [2.24, 2.45) is 0 Å². The van der Waals surface area contributed by atoms with Crippen LogP contribution in [0.3, 0.4) is 0 Å². The molecule has 0 saturated heterocycles. The summed E-state index contributed by atoms with van der Waals surface area (Å²) in [5.74, 6) is 0. The molecule has 0 aliphatic heterocycles. The minimum absolute atomic E-state index is 0.269. The van der Waals surface area contributed by atoms with Crippen molar-refractivity contribution in [3.8, 4) is 0 Å². The highest BCUT2D eigenvalue weighted by atomic mass is 32.2. The molecule has 0 bridgehead atoms. The lowest BCUT2D eigenvalue weighted by molar-refractivity contribution is 0.126. The van der Waals surface area contributed by atoms with Gasteiger partial charge in [-0.3, -0.25) is 0 Å². The Morgan fingerprint density at radius 1 is 1.00 bits per heavy atom. The minimum atomic E-state index is -3.47. The predicted octanol–water partition coefficient (Wildman–Crippen LogP) is 3.37. The van der Waals surface area contributed by atoms with Crippen molar-refractivity contribution in [3.63, 3.8) is 0 Å². The molecule has 0 atom stereocenters. The molecule has 0 saturated carbocycles. The quantitative estimate of drug-likeness (QED) is 0.771. The van der Waals surface area contributed by atoms with Gasteiger partial charge in [0.2, 0.25) is 10.0 Å². The van der Waals surface area contributed by atoms with Gasteiger partial charge in [0, 0.05) is 6.54 Å². The third-order valence-electron chi connectivity index (χ3n) is 4.56. The van der Waals surface area contributed by atoms with E-state index in [-0.39, 0.29) is 6.54 Å². The van der Waals surface area contributed by atoms with Gasteiger partial charge in [0.15, 0.2) is 0 Å². The number of ether oxygens (including phenoxy) is 1. The highest BCUT2D eigenvalue weighted by Crippen LogP contribution is 2.23. The predicted molar refractivity (Wildman–Crippen MR) is 99.1 cm³/mol. The molecule has 0 unspecified atom stereocenters. The molecule has 2 aromatic carbocycles. The number of fused-ring (bicyclic) bond motifs is 1. The molecule has 1 N–H and O–H groups in total. The molecule has 3 rings (SSSR count). The molecule has 4 nitrogen and oxygen atoms in total. The second-order valence-electron chi connectivity index (χ2n) is 6.57. The lowest BCUT2D eigenvalue weighted by Gasteiger charge is -2.16. The van der Waals surface area contributed by atoms with E-state index in [0.29, 0.717) is 18.1 Å². The maximum atomic E-state index is 12.4. The number of nitrogens with one attached hydrogen (secondary N) is 1. The second-order valence-corrected chi connectivity index (χ2v) is 8.34. The first-order chi connectivity index (χ1) is 12.0. The van der Waals surface area contributed by atoms with Crippen molar-refractivity contribution in [1.82, 2.24) is 4.72 Å². The van der Waals surface area contributed by atoms with Crippen LogP contribution in [0.2, 0.25) is 0 Å². The van der Waals surface area contributed by atoms with Crippen LogP contribution in [0.25, 0.3) is 0 Å². The number of hydrogen-bond acceptors (Lipinski definition) is 3. The average molecular weight is 359 g/mol. The highest BCUT2D eigenvalue weighted by Gasteiger charge is 2.17. The fourth-order valence-electron chi connectivity index (χ4n) is 3.08. The lowest BCUT2D eigenvalue weighted by Crippen LogP contribution is -2.27. The van der Waals surface area contributed by atoms with Crippen LogP contribution in [0.4, 0.5) is 0 Å². The summed E-state index contributed by atoms with van der Waals surface area (Å²) in [6, 6.07) is 13.6. The molecule has 0 aromatic heterocycles. The second kappa shape index (κ2) is 8.13. The first-order valence-electron chi connectivity index (χ1n) is 8.79. The van der Waals surface area contributed by atoms with Gasteiger partial charge >= 0.3 is 0 Å². The number of benzene rings is 2. The van der Waals surface area contributed by atoms with Gasteiger partial charge in [-0.05, 0) is 61.4 Å². The fourth-order valence-corrected chi connectivity index (χ4v) is 4.15. The van der Waals surface area contributed by atoms with Gasteiger partial charge in [0.05, 0.1) is 18.1 Å². The first kappa shape index (κ1) is 18.1. The Kier molecular flexibility index (Phi) is 5.89. The van der Waals surface area contributed by atoms with E-state index in [1.54, 1.807) is 6.07 Å². The van der Waals surface area contributed by atoms with Crippen LogP contribution in [-0.4, -0.2) is 21.6 Å². The zero-order valence-electron chi connectivity index (χ0n) is 14.6.